The number of nitrogens with zero attached hydrogens (tertiary/aromatic N) is 1. The van der Waals surface area contributed by atoms with Gasteiger partial charge in [-0.25, -0.2) is 13.6 Å². The van der Waals surface area contributed by atoms with Crippen LogP contribution in [-0.4, -0.2) is 33.2 Å². The topological polar surface area (TPSA) is 89.7 Å². The van der Waals surface area contributed by atoms with E-state index in [1.807, 2.05) is 0 Å². The Hall–Kier alpha value is -1.31. The summed E-state index contributed by atoms with van der Waals surface area (Å²) in [5, 5.41) is 4.53. The summed E-state index contributed by atoms with van der Waals surface area (Å²) in [6.45, 7) is 0.00830. The number of para-hydroxylation sites is 1. The molecule has 1 heterocycles. The summed E-state index contributed by atoms with van der Waals surface area (Å²) >= 11 is 5.98. The molecule has 1 aromatic rings. The van der Waals surface area contributed by atoms with E-state index in [9.17, 15) is 13.2 Å². The van der Waals surface area contributed by atoms with Crippen molar-refractivity contribution in [1.82, 2.24) is 0 Å². The highest BCUT2D eigenvalue weighted by Crippen LogP contribution is 2.37. The number of sulfonamides is 1. The molecule has 0 radical (unpaired) electrons. The van der Waals surface area contributed by atoms with Crippen molar-refractivity contribution >= 4 is 33.2 Å². The van der Waals surface area contributed by atoms with Crippen molar-refractivity contribution in [2.24, 2.45) is 5.14 Å². The molecule has 0 saturated carbocycles. The van der Waals surface area contributed by atoms with Crippen LogP contribution in [0.3, 0.4) is 0 Å². The fourth-order valence-corrected chi connectivity index (χ4v) is 3.02. The molecule has 1 aliphatic heterocycles. The first-order chi connectivity index (χ1) is 8.84. The quantitative estimate of drug-likeness (QED) is 0.892. The van der Waals surface area contributed by atoms with E-state index in [-0.39, 0.29) is 18.9 Å². The lowest BCUT2D eigenvalue weighted by atomic mass is 10.2. The summed E-state index contributed by atoms with van der Waals surface area (Å²) in [5.74, 6) is 0.0205. The zero-order chi connectivity index (χ0) is 14.2. The molecule has 1 amide bonds. The highest BCUT2D eigenvalue weighted by atomic mass is 35.5. The molecule has 2 N–H and O–H groups in total. The molecule has 0 bridgehead atoms. The number of methoxy groups -OCH3 is 1. The van der Waals surface area contributed by atoms with Gasteiger partial charge in [-0.05, 0) is 12.1 Å². The number of halogens is 1. The van der Waals surface area contributed by atoms with Gasteiger partial charge in [0.25, 0.3) is 0 Å². The summed E-state index contributed by atoms with van der Waals surface area (Å²) < 4.78 is 27.8. The Morgan fingerprint density at radius 2 is 2.16 bits per heavy atom. The summed E-state index contributed by atoms with van der Waals surface area (Å²) in [4.78, 5) is 13.3. The van der Waals surface area contributed by atoms with Crippen LogP contribution in [0, 0.1) is 0 Å². The molecule has 0 aromatic heterocycles. The number of nitrogens with two attached hydrogens (primary N) is 1. The third-order valence-corrected chi connectivity index (χ3v) is 4.54. The number of primary sulfonamides is 1. The number of hydrogen-bond donors (Lipinski definition) is 1. The predicted molar refractivity (Wildman–Crippen MR) is 71.9 cm³/mol. The summed E-state index contributed by atoms with van der Waals surface area (Å²) in [7, 11) is -2.31. The Balaban J connectivity index is 2.39. The van der Waals surface area contributed by atoms with Gasteiger partial charge in [0, 0.05) is 13.0 Å². The van der Waals surface area contributed by atoms with Crippen LogP contribution in [0.2, 0.25) is 5.02 Å². The molecular weight excluding hydrogens is 292 g/mol. The highest BCUT2D eigenvalue weighted by molar-refractivity contribution is 7.89. The van der Waals surface area contributed by atoms with Crippen LogP contribution in [0.5, 0.6) is 5.75 Å². The normalized spacial score (nSPS) is 19.8. The number of carbonyl (C=O) groups is 1. The van der Waals surface area contributed by atoms with Gasteiger partial charge in [0.05, 0.1) is 17.8 Å². The molecule has 1 aliphatic rings. The van der Waals surface area contributed by atoms with E-state index in [0.29, 0.717) is 16.5 Å². The summed E-state index contributed by atoms with van der Waals surface area (Å²) in [5.41, 5.74) is 0.450. The molecule has 1 atom stereocenters. The zero-order valence-corrected chi connectivity index (χ0v) is 11.7. The Morgan fingerprint density at radius 3 is 2.68 bits per heavy atom. The van der Waals surface area contributed by atoms with Crippen LogP contribution < -0.4 is 14.8 Å². The minimum atomic E-state index is -3.74. The first-order valence-corrected chi connectivity index (χ1v) is 7.48. The van der Waals surface area contributed by atoms with Gasteiger partial charge >= 0.3 is 0 Å². The standard InChI is InChI=1S/C11H13ClN2O4S/c1-18-11-8(12)3-2-4-9(11)14-6-7(5-10(14)15)19(13,16)17/h2-4,7H,5-6H2,1H3,(H2,13,16,17). The smallest absolute Gasteiger partial charge is 0.228 e. The largest absolute Gasteiger partial charge is 0.493 e. The van der Waals surface area contributed by atoms with Crippen molar-refractivity contribution in [3.63, 3.8) is 0 Å². The molecule has 1 unspecified atom stereocenters. The molecule has 6 nitrogen and oxygen atoms in total. The van der Waals surface area contributed by atoms with E-state index in [4.69, 9.17) is 21.5 Å². The van der Waals surface area contributed by atoms with Crippen molar-refractivity contribution in [2.75, 3.05) is 18.6 Å². The molecule has 1 saturated heterocycles. The maximum Gasteiger partial charge on any atom is 0.228 e. The highest BCUT2D eigenvalue weighted by Gasteiger charge is 2.38. The van der Waals surface area contributed by atoms with E-state index in [0.717, 1.165) is 0 Å². The Labute approximate surface area is 116 Å². The summed E-state index contributed by atoms with van der Waals surface area (Å²) in [6.07, 6.45) is -0.130. The van der Waals surface area contributed by atoms with Gasteiger partial charge in [0.1, 0.15) is 5.25 Å². The van der Waals surface area contributed by atoms with Crippen LogP contribution in [0.1, 0.15) is 6.42 Å². The van der Waals surface area contributed by atoms with Gasteiger partial charge in [-0.1, -0.05) is 17.7 Å². The van der Waals surface area contributed by atoms with E-state index in [1.165, 1.54) is 12.0 Å². The number of rotatable bonds is 3. The third kappa shape index (κ3) is 2.68. The van der Waals surface area contributed by atoms with Crippen molar-refractivity contribution < 1.29 is 17.9 Å². The van der Waals surface area contributed by atoms with Crippen LogP contribution in [-0.2, 0) is 14.8 Å². The number of carbonyl (C=O) groups excluding carboxylic acids is 1. The predicted octanol–water partition coefficient (Wildman–Crippen LogP) is 0.742. The van der Waals surface area contributed by atoms with Crippen molar-refractivity contribution in [1.29, 1.82) is 0 Å². The van der Waals surface area contributed by atoms with E-state index in [2.05, 4.69) is 0 Å². The van der Waals surface area contributed by atoms with Gasteiger partial charge in [-0.15, -0.1) is 0 Å². The Morgan fingerprint density at radius 1 is 1.47 bits per heavy atom. The second-order valence-corrected chi connectivity index (χ2v) is 6.46. The SMILES string of the molecule is COc1c(Cl)cccc1N1CC(S(N)(=O)=O)CC1=O. The molecule has 8 heteroatoms. The third-order valence-electron chi connectivity index (χ3n) is 3.00. The fraction of sp³-hybridized carbons (Fsp3) is 0.364. The van der Waals surface area contributed by atoms with E-state index < -0.39 is 15.3 Å². The Kier molecular flexibility index (Phi) is 3.71. The number of amides is 1. The van der Waals surface area contributed by atoms with Gasteiger partial charge in [0.2, 0.25) is 15.9 Å². The van der Waals surface area contributed by atoms with Gasteiger partial charge in [0.15, 0.2) is 5.75 Å². The average Bonchev–Trinajstić information content (AvgIpc) is 2.70. The monoisotopic (exact) mass is 304 g/mol. The summed E-state index contributed by atoms with van der Waals surface area (Å²) in [6, 6.07) is 4.94. The van der Waals surface area contributed by atoms with E-state index in [1.54, 1.807) is 18.2 Å². The number of ether oxygens (including phenoxy) is 1. The zero-order valence-electron chi connectivity index (χ0n) is 10.2. The minimum absolute atomic E-state index is 0.00830. The van der Waals surface area contributed by atoms with Crippen molar-refractivity contribution in [3.8, 4) is 5.75 Å². The van der Waals surface area contributed by atoms with Crippen LogP contribution >= 0.6 is 11.6 Å². The fourth-order valence-electron chi connectivity index (χ4n) is 2.04. The first kappa shape index (κ1) is 14.1. The maximum atomic E-state index is 11.9. The van der Waals surface area contributed by atoms with Crippen LogP contribution in [0.4, 0.5) is 5.69 Å². The minimum Gasteiger partial charge on any atom is -0.493 e. The number of benzene rings is 1. The molecule has 2 rings (SSSR count). The van der Waals surface area contributed by atoms with Gasteiger partial charge < -0.3 is 9.64 Å². The molecule has 0 aliphatic carbocycles. The van der Waals surface area contributed by atoms with Crippen LogP contribution in [0.25, 0.3) is 0 Å². The van der Waals surface area contributed by atoms with Gasteiger partial charge in [-0.2, -0.15) is 0 Å². The number of hydrogen-bond acceptors (Lipinski definition) is 4. The Bertz CT molecular complexity index is 617. The average molecular weight is 305 g/mol. The molecule has 104 valence electrons. The number of anilines is 1. The van der Waals surface area contributed by atoms with Crippen molar-refractivity contribution in [2.45, 2.75) is 11.7 Å². The molecular formula is C11H13ClN2O4S. The lowest BCUT2D eigenvalue weighted by molar-refractivity contribution is -0.117. The van der Waals surface area contributed by atoms with Gasteiger partial charge in [-0.3, -0.25) is 4.79 Å². The van der Waals surface area contributed by atoms with E-state index >= 15 is 0 Å². The molecule has 0 spiro atoms. The molecule has 1 fully saturated rings. The molecule has 19 heavy (non-hydrogen) atoms. The maximum absolute atomic E-state index is 11.9. The molecule has 1 aromatic carbocycles. The lowest BCUT2D eigenvalue weighted by Crippen LogP contribution is -2.32. The van der Waals surface area contributed by atoms with Crippen molar-refractivity contribution in [3.05, 3.63) is 23.2 Å². The lowest BCUT2D eigenvalue weighted by Gasteiger charge is -2.19. The van der Waals surface area contributed by atoms with Crippen LogP contribution in [0.15, 0.2) is 18.2 Å². The second-order valence-electron chi connectivity index (χ2n) is 4.21. The second kappa shape index (κ2) is 4.99. The first-order valence-electron chi connectivity index (χ1n) is 5.49.